The highest BCUT2D eigenvalue weighted by Gasteiger charge is 2.32. The Morgan fingerprint density at radius 1 is 1.27 bits per heavy atom. The van der Waals surface area contributed by atoms with Gasteiger partial charge in [0, 0.05) is 13.1 Å². The fourth-order valence-electron chi connectivity index (χ4n) is 1.90. The third-order valence-electron chi connectivity index (χ3n) is 3.21. The lowest BCUT2D eigenvalue weighted by molar-refractivity contribution is -0.0770. The van der Waals surface area contributed by atoms with E-state index < -0.39 is 0 Å². The van der Waals surface area contributed by atoms with Crippen molar-refractivity contribution in [3.8, 4) is 0 Å². The molecule has 1 aliphatic rings. The van der Waals surface area contributed by atoms with Gasteiger partial charge in [0.15, 0.2) is 0 Å². The number of ether oxygens (including phenoxy) is 1. The summed E-state index contributed by atoms with van der Waals surface area (Å²) in [4.78, 5) is 0. The molecule has 0 unspecified atom stereocenters. The summed E-state index contributed by atoms with van der Waals surface area (Å²) in [6, 6.07) is 6.39. The maximum absolute atomic E-state index is 5.95. The highest BCUT2D eigenvalue weighted by molar-refractivity contribution is 5.32. The molecule has 1 aliphatic heterocycles. The first kappa shape index (κ1) is 10.7. The van der Waals surface area contributed by atoms with Crippen LogP contribution in [0.25, 0.3) is 0 Å². The average molecular weight is 205 g/mol. The molecular formula is C13H19NO. The molecule has 2 rings (SSSR count). The summed E-state index contributed by atoms with van der Waals surface area (Å²) in [5, 5.41) is 3.24. The van der Waals surface area contributed by atoms with Crippen molar-refractivity contribution in [1.29, 1.82) is 0 Å². The molecule has 1 N–H and O–H groups in total. The molecule has 0 saturated carbocycles. The van der Waals surface area contributed by atoms with E-state index in [-0.39, 0.29) is 5.60 Å². The molecule has 1 aromatic carbocycles. The second kappa shape index (κ2) is 3.95. The first-order valence-electron chi connectivity index (χ1n) is 5.50. The molecule has 1 fully saturated rings. The zero-order chi connectivity index (χ0) is 10.9. The number of aryl methyl sites for hydroxylation is 2. The Hall–Kier alpha value is -0.860. The minimum atomic E-state index is 0.0503. The van der Waals surface area contributed by atoms with Crippen LogP contribution < -0.4 is 5.32 Å². The number of nitrogens with one attached hydrogen (secondary N) is 1. The van der Waals surface area contributed by atoms with Crippen LogP contribution in [0.15, 0.2) is 18.2 Å². The zero-order valence-corrected chi connectivity index (χ0v) is 9.76. The summed E-state index contributed by atoms with van der Waals surface area (Å²) in [6.07, 6.45) is 0. The second-order valence-corrected chi connectivity index (χ2v) is 4.71. The van der Waals surface area contributed by atoms with Crippen LogP contribution in [0.4, 0.5) is 0 Å². The van der Waals surface area contributed by atoms with Crippen molar-refractivity contribution in [1.82, 2.24) is 5.32 Å². The first-order chi connectivity index (χ1) is 7.11. The summed E-state index contributed by atoms with van der Waals surface area (Å²) in [6.45, 7) is 9.13. The lowest BCUT2D eigenvalue weighted by atomic mass is 9.99. The fourth-order valence-corrected chi connectivity index (χ4v) is 1.90. The van der Waals surface area contributed by atoms with E-state index >= 15 is 0 Å². The van der Waals surface area contributed by atoms with Crippen molar-refractivity contribution in [3.63, 3.8) is 0 Å². The van der Waals surface area contributed by atoms with E-state index in [1.54, 1.807) is 0 Å². The summed E-state index contributed by atoms with van der Waals surface area (Å²) >= 11 is 0. The van der Waals surface area contributed by atoms with Gasteiger partial charge in [-0.05, 0) is 37.5 Å². The van der Waals surface area contributed by atoms with Crippen LogP contribution in [-0.2, 0) is 11.3 Å². The topological polar surface area (TPSA) is 21.3 Å². The summed E-state index contributed by atoms with van der Waals surface area (Å²) in [5.41, 5.74) is 4.04. The quantitative estimate of drug-likeness (QED) is 0.816. The highest BCUT2D eigenvalue weighted by Crippen LogP contribution is 2.21. The van der Waals surface area contributed by atoms with Crippen molar-refractivity contribution < 1.29 is 4.74 Å². The summed E-state index contributed by atoms with van der Waals surface area (Å²) in [5.74, 6) is 0. The minimum Gasteiger partial charge on any atom is -0.368 e. The number of hydrogen-bond donors (Lipinski definition) is 1. The Kier molecular flexibility index (Phi) is 2.81. The van der Waals surface area contributed by atoms with E-state index in [1.165, 1.54) is 16.7 Å². The Morgan fingerprint density at radius 3 is 2.33 bits per heavy atom. The third-order valence-corrected chi connectivity index (χ3v) is 3.21. The fraction of sp³-hybridized carbons (Fsp3) is 0.538. The molecule has 0 aliphatic carbocycles. The molecular weight excluding hydrogens is 186 g/mol. The van der Waals surface area contributed by atoms with Gasteiger partial charge < -0.3 is 10.1 Å². The smallest absolute Gasteiger partial charge is 0.0906 e. The average Bonchev–Trinajstić information content (AvgIpc) is 2.14. The lowest BCUT2D eigenvalue weighted by Gasteiger charge is -2.39. The molecule has 0 amide bonds. The van der Waals surface area contributed by atoms with E-state index in [1.807, 2.05) is 0 Å². The van der Waals surface area contributed by atoms with Gasteiger partial charge in [-0.2, -0.15) is 0 Å². The molecule has 82 valence electrons. The van der Waals surface area contributed by atoms with Crippen LogP contribution >= 0.6 is 0 Å². The van der Waals surface area contributed by atoms with E-state index in [2.05, 4.69) is 44.3 Å². The minimum absolute atomic E-state index is 0.0503. The molecule has 2 nitrogen and oxygen atoms in total. The normalized spacial score (nSPS) is 18.6. The van der Waals surface area contributed by atoms with E-state index in [9.17, 15) is 0 Å². The SMILES string of the molecule is Cc1cccc(C)c1COC1(C)CNC1. The molecule has 1 aromatic rings. The predicted octanol–water partition coefficient (Wildman–Crippen LogP) is 2.18. The third kappa shape index (κ3) is 2.21. The van der Waals surface area contributed by atoms with Crippen LogP contribution in [0.2, 0.25) is 0 Å². The van der Waals surface area contributed by atoms with Gasteiger partial charge in [0.25, 0.3) is 0 Å². The molecule has 1 saturated heterocycles. The predicted molar refractivity (Wildman–Crippen MR) is 62.0 cm³/mol. The second-order valence-electron chi connectivity index (χ2n) is 4.71. The molecule has 1 heterocycles. The van der Waals surface area contributed by atoms with Crippen LogP contribution in [0.5, 0.6) is 0 Å². The van der Waals surface area contributed by atoms with Crippen molar-refractivity contribution >= 4 is 0 Å². The van der Waals surface area contributed by atoms with Crippen LogP contribution in [0.3, 0.4) is 0 Å². The van der Waals surface area contributed by atoms with E-state index in [0.717, 1.165) is 19.7 Å². The molecule has 0 spiro atoms. The van der Waals surface area contributed by atoms with Crippen molar-refractivity contribution in [3.05, 3.63) is 34.9 Å². The largest absolute Gasteiger partial charge is 0.368 e. The lowest BCUT2D eigenvalue weighted by Crippen LogP contribution is -2.58. The maximum atomic E-state index is 5.95. The molecule has 0 bridgehead atoms. The van der Waals surface area contributed by atoms with Gasteiger partial charge in [0.2, 0.25) is 0 Å². The van der Waals surface area contributed by atoms with Crippen LogP contribution in [0, 0.1) is 13.8 Å². The molecule has 0 radical (unpaired) electrons. The Balaban J connectivity index is 2.04. The zero-order valence-electron chi connectivity index (χ0n) is 9.76. The summed E-state index contributed by atoms with van der Waals surface area (Å²) in [7, 11) is 0. The van der Waals surface area contributed by atoms with Crippen molar-refractivity contribution in [2.75, 3.05) is 13.1 Å². The first-order valence-corrected chi connectivity index (χ1v) is 5.50. The Bertz CT molecular complexity index is 335. The molecule has 15 heavy (non-hydrogen) atoms. The molecule has 0 atom stereocenters. The Labute approximate surface area is 91.6 Å². The number of benzene rings is 1. The van der Waals surface area contributed by atoms with Gasteiger partial charge in [-0.3, -0.25) is 0 Å². The Morgan fingerprint density at radius 2 is 1.87 bits per heavy atom. The van der Waals surface area contributed by atoms with Crippen molar-refractivity contribution in [2.45, 2.75) is 33.0 Å². The van der Waals surface area contributed by atoms with E-state index in [4.69, 9.17) is 4.74 Å². The van der Waals surface area contributed by atoms with Gasteiger partial charge in [-0.25, -0.2) is 0 Å². The molecule has 2 heteroatoms. The monoisotopic (exact) mass is 205 g/mol. The molecule has 0 aromatic heterocycles. The van der Waals surface area contributed by atoms with Crippen molar-refractivity contribution in [2.24, 2.45) is 0 Å². The standard InChI is InChI=1S/C13H19NO/c1-10-5-4-6-11(2)12(10)7-15-13(3)8-14-9-13/h4-6,14H,7-9H2,1-3H3. The van der Waals surface area contributed by atoms with Gasteiger partial charge >= 0.3 is 0 Å². The number of rotatable bonds is 3. The van der Waals surface area contributed by atoms with Crippen LogP contribution in [0.1, 0.15) is 23.6 Å². The maximum Gasteiger partial charge on any atom is 0.0906 e. The number of hydrogen-bond acceptors (Lipinski definition) is 2. The van der Waals surface area contributed by atoms with Gasteiger partial charge in [0.1, 0.15) is 0 Å². The summed E-state index contributed by atoms with van der Waals surface area (Å²) < 4.78 is 5.95. The van der Waals surface area contributed by atoms with Crippen LogP contribution in [-0.4, -0.2) is 18.7 Å². The highest BCUT2D eigenvalue weighted by atomic mass is 16.5. The van der Waals surface area contributed by atoms with Gasteiger partial charge in [0.05, 0.1) is 12.2 Å². The van der Waals surface area contributed by atoms with E-state index in [0.29, 0.717) is 0 Å². The van der Waals surface area contributed by atoms with Gasteiger partial charge in [-0.1, -0.05) is 18.2 Å². The van der Waals surface area contributed by atoms with Gasteiger partial charge in [-0.15, -0.1) is 0 Å².